The van der Waals surface area contributed by atoms with Crippen molar-refractivity contribution in [1.82, 2.24) is 14.8 Å². The Kier molecular flexibility index (Phi) is 4.73. The number of carbonyl (C=O) groups excluding carboxylic acids is 1. The van der Waals surface area contributed by atoms with E-state index in [9.17, 15) is 4.79 Å². The number of nitrogens with zero attached hydrogens (tertiary/aromatic N) is 3. The normalized spacial score (nSPS) is 17.6. The first-order valence-corrected chi connectivity index (χ1v) is 10.4. The van der Waals surface area contributed by atoms with Crippen LogP contribution in [-0.4, -0.2) is 34.8 Å². The molecule has 0 bridgehead atoms. The Bertz CT molecular complexity index is 1190. The molecule has 0 fully saturated rings. The number of allylic oxidation sites excluding steroid dienone is 2. The van der Waals surface area contributed by atoms with Gasteiger partial charge >= 0.3 is 0 Å². The lowest BCUT2D eigenvalue weighted by atomic mass is 9.85. The Balaban J connectivity index is 1.67. The zero-order valence-electron chi connectivity index (χ0n) is 17.8. The van der Waals surface area contributed by atoms with Gasteiger partial charge in [0.05, 0.1) is 14.2 Å². The van der Waals surface area contributed by atoms with Gasteiger partial charge in [0.15, 0.2) is 23.1 Å². The molecule has 0 spiro atoms. The average molecular weight is 416 g/mol. The van der Waals surface area contributed by atoms with Gasteiger partial charge in [-0.25, -0.2) is 4.68 Å². The first-order chi connectivity index (χ1) is 15.1. The van der Waals surface area contributed by atoms with Crippen LogP contribution in [0.25, 0.3) is 11.4 Å². The van der Waals surface area contributed by atoms with Gasteiger partial charge in [-0.05, 0) is 37.5 Å². The van der Waals surface area contributed by atoms with Crippen molar-refractivity contribution in [2.24, 2.45) is 0 Å². The predicted molar refractivity (Wildman–Crippen MR) is 117 cm³/mol. The third kappa shape index (κ3) is 3.26. The van der Waals surface area contributed by atoms with Gasteiger partial charge in [0.25, 0.3) is 0 Å². The molecule has 1 atom stereocenters. The maximum Gasteiger partial charge on any atom is 0.226 e. The van der Waals surface area contributed by atoms with Crippen LogP contribution in [0.15, 0.2) is 53.7 Å². The van der Waals surface area contributed by atoms with Crippen molar-refractivity contribution in [3.63, 3.8) is 0 Å². The molecule has 2 heterocycles. The summed E-state index contributed by atoms with van der Waals surface area (Å²) in [5.74, 6) is 2.67. The SMILES string of the molecule is COc1ccc(C2C3=C(CCCC3=O)Nc3nc(-c4ccc(C)cc4)nn32)cc1OC. The number of nitrogens with one attached hydrogen (secondary N) is 1. The van der Waals surface area contributed by atoms with E-state index in [2.05, 4.69) is 5.32 Å². The average Bonchev–Trinajstić information content (AvgIpc) is 3.21. The maximum atomic E-state index is 13.0. The summed E-state index contributed by atoms with van der Waals surface area (Å²) in [4.78, 5) is 17.8. The van der Waals surface area contributed by atoms with E-state index in [1.165, 1.54) is 5.56 Å². The van der Waals surface area contributed by atoms with Crippen LogP contribution >= 0.6 is 0 Å². The molecule has 1 aromatic heterocycles. The zero-order chi connectivity index (χ0) is 21.5. The van der Waals surface area contributed by atoms with E-state index >= 15 is 0 Å². The second-order valence-electron chi connectivity index (χ2n) is 7.88. The van der Waals surface area contributed by atoms with Crippen molar-refractivity contribution in [1.29, 1.82) is 0 Å². The summed E-state index contributed by atoms with van der Waals surface area (Å²) in [6.45, 7) is 2.05. The number of benzene rings is 2. The molecule has 1 N–H and O–H groups in total. The molecule has 5 rings (SSSR count). The quantitative estimate of drug-likeness (QED) is 0.684. The lowest BCUT2D eigenvalue weighted by Gasteiger charge is -2.32. The van der Waals surface area contributed by atoms with E-state index in [-0.39, 0.29) is 11.8 Å². The van der Waals surface area contributed by atoms with Gasteiger partial charge in [-0.3, -0.25) is 4.79 Å². The van der Waals surface area contributed by atoms with E-state index in [1.807, 2.05) is 54.1 Å². The molecular weight excluding hydrogens is 392 g/mol. The topological polar surface area (TPSA) is 78.3 Å². The first-order valence-electron chi connectivity index (χ1n) is 10.4. The molecule has 0 amide bonds. The fourth-order valence-electron chi connectivity index (χ4n) is 4.31. The van der Waals surface area contributed by atoms with Crippen LogP contribution in [0.4, 0.5) is 5.95 Å². The van der Waals surface area contributed by atoms with Crippen LogP contribution in [0, 0.1) is 6.92 Å². The van der Waals surface area contributed by atoms with Gasteiger partial charge in [-0.15, -0.1) is 5.10 Å². The fraction of sp³-hybridized carbons (Fsp3) is 0.292. The Morgan fingerprint density at radius 1 is 1.03 bits per heavy atom. The van der Waals surface area contributed by atoms with Crippen molar-refractivity contribution >= 4 is 11.7 Å². The first kappa shape index (κ1) is 19.4. The minimum atomic E-state index is -0.370. The summed E-state index contributed by atoms with van der Waals surface area (Å²) >= 11 is 0. The number of carbonyl (C=O) groups is 1. The van der Waals surface area contributed by atoms with Gasteiger partial charge < -0.3 is 14.8 Å². The molecule has 3 aromatic rings. The third-order valence-corrected chi connectivity index (χ3v) is 5.90. The summed E-state index contributed by atoms with van der Waals surface area (Å²) in [6.07, 6.45) is 2.19. The Hall–Kier alpha value is -3.61. The maximum absolute atomic E-state index is 13.0. The highest BCUT2D eigenvalue weighted by Crippen LogP contribution is 2.42. The van der Waals surface area contributed by atoms with Crippen molar-refractivity contribution in [2.75, 3.05) is 19.5 Å². The number of rotatable bonds is 4. The second kappa shape index (κ2) is 7.58. The summed E-state index contributed by atoms with van der Waals surface area (Å²) in [5.41, 5.74) is 4.71. The number of aromatic nitrogens is 3. The van der Waals surface area contributed by atoms with Gasteiger partial charge in [-0.1, -0.05) is 35.9 Å². The number of methoxy groups -OCH3 is 2. The number of fused-ring (bicyclic) bond motifs is 1. The molecular formula is C24H24N4O3. The van der Waals surface area contributed by atoms with E-state index in [0.29, 0.717) is 29.7 Å². The van der Waals surface area contributed by atoms with E-state index < -0.39 is 0 Å². The highest BCUT2D eigenvalue weighted by molar-refractivity contribution is 5.99. The molecule has 2 aromatic carbocycles. The third-order valence-electron chi connectivity index (χ3n) is 5.90. The lowest BCUT2D eigenvalue weighted by molar-refractivity contribution is -0.116. The van der Waals surface area contributed by atoms with Crippen molar-refractivity contribution in [3.8, 4) is 22.9 Å². The molecule has 31 heavy (non-hydrogen) atoms. The summed E-state index contributed by atoms with van der Waals surface area (Å²) in [6, 6.07) is 13.5. The van der Waals surface area contributed by atoms with Crippen LogP contribution in [0.5, 0.6) is 11.5 Å². The summed E-state index contributed by atoms with van der Waals surface area (Å²) in [5, 5.41) is 8.19. The minimum Gasteiger partial charge on any atom is -0.493 e. The Morgan fingerprint density at radius 3 is 2.55 bits per heavy atom. The van der Waals surface area contributed by atoms with Gasteiger partial charge in [-0.2, -0.15) is 4.98 Å². The largest absolute Gasteiger partial charge is 0.493 e. The van der Waals surface area contributed by atoms with Crippen molar-refractivity contribution < 1.29 is 14.3 Å². The van der Waals surface area contributed by atoms with Gasteiger partial charge in [0, 0.05) is 23.3 Å². The van der Waals surface area contributed by atoms with Gasteiger partial charge in [0.1, 0.15) is 6.04 Å². The number of ketones is 1. The fourth-order valence-corrected chi connectivity index (χ4v) is 4.31. The number of anilines is 1. The monoisotopic (exact) mass is 416 g/mol. The van der Waals surface area contributed by atoms with Crippen LogP contribution in [-0.2, 0) is 4.79 Å². The molecule has 158 valence electrons. The molecule has 0 radical (unpaired) electrons. The number of Topliss-reactive ketones (excluding diaryl/α,β-unsaturated/α-hetero) is 1. The van der Waals surface area contributed by atoms with Gasteiger partial charge in [0.2, 0.25) is 5.95 Å². The van der Waals surface area contributed by atoms with E-state index in [1.54, 1.807) is 14.2 Å². The van der Waals surface area contributed by atoms with Crippen LogP contribution in [0.3, 0.4) is 0 Å². The summed E-state index contributed by atoms with van der Waals surface area (Å²) in [7, 11) is 3.22. The molecule has 0 saturated heterocycles. The number of hydrogen-bond donors (Lipinski definition) is 1. The highest BCUT2D eigenvalue weighted by atomic mass is 16.5. The van der Waals surface area contributed by atoms with Crippen LogP contribution in [0.1, 0.15) is 36.4 Å². The van der Waals surface area contributed by atoms with Crippen LogP contribution < -0.4 is 14.8 Å². The Labute approximate surface area is 180 Å². The smallest absolute Gasteiger partial charge is 0.226 e. The molecule has 1 aliphatic heterocycles. The molecule has 7 heteroatoms. The molecule has 1 aliphatic carbocycles. The lowest BCUT2D eigenvalue weighted by Crippen LogP contribution is -2.31. The Morgan fingerprint density at radius 2 is 1.81 bits per heavy atom. The van der Waals surface area contributed by atoms with E-state index in [4.69, 9.17) is 19.6 Å². The number of ether oxygens (including phenoxy) is 2. The van der Waals surface area contributed by atoms with E-state index in [0.717, 1.165) is 35.2 Å². The van der Waals surface area contributed by atoms with Crippen LogP contribution in [0.2, 0.25) is 0 Å². The predicted octanol–water partition coefficient (Wildman–Crippen LogP) is 4.29. The highest BCUT2D eigenvalue weighted by Gasteiger charge is 2.37. The molecule has 2 aliphatic rings. The molecule has 0 saturated carbocycles. The number of aryl methyl sites for hydroxylation is 1. The zero-order valence-corrected chi connectivity index (χ0v) is 17.8. The minimum absolute atomic E-state index is 0.145. The van der Waals surface area contributed by atoms with Crippen molar-refractivity contribution in [3.05, 3.63) is 64.9 Å². The standard InChI is InChI=1S/C24H24N4O3/c1-14-7-9-15(10-8-14)23-26-24-25-17-5-4-6-18(29)21(17)22(28(24)27-23)16-11-12-19(30-2)20(13-16)31-3/h7-13,22H,4-6H2,1-3H3,(H,25,26,27). The molecule has 1 unspecified atom stereocenters. The van der Waals surface area contributed by atoms with Crippen molar-refractivity contribution in [2.45, 2.75) is 32.2 Å². The summed E-state index contributed by atoms with van der Waals surface area (Å²) < 4.78 is 12.7. The number of hydrogen-bond acceptors (Lipinski definition) is 6. The molecule has 7 nitrogen and oxygen atoms in total. The second-order valence-corrected chi connectivity index (χ2v) is 7.88.